The number of hydrogen-bond donors (Lipinski definition) is 0. The SMILES string of the molecule is CC(C)c1cccc(C(C)C)c1-c1cnc2c3ccccc3c3ccc4cc5ccccc5cc4c3n12. The van der Waals surface area contributed by atoms with Crippen LogP contribution in [0.1, 0.15) is 50.7 Å². The van der Waals surface area contributed by atoms with E-state index in [1.165, 1.54) is 65.6 Å². The quantitative estimate of drug-likeness (QED) is 0.182. The molecule has 2 aromatic heterocycles. The summed E-state index contributed by atoms with van der Waals surface area (Å²) in [4.78, 5) is 5.11. The number of rotatable bonds is 3. The lowest BCUT2D eigenvalue weighted by molar-refractivity contribution is 0.836. The third kappa shape index (κ3) is 3.22. The summed E-state index contributed by atoms with van der Waals surface area (Å²) in [5, 5.41) is 8.75. The van der Waals surface area contributed by atoms with E-state index in [1.54, 1.807) is 0 Å². The highest BCUT2D eigenvalue weighted by molar-refractivity contribution is 6.21. The van der Waals surface area contributed by atoms with Gasteiger partial charge in [0.2, 0.25) is 0 Å². The fourth-order valence-electron chi connectivity index (χ4n) is 6.16. The predicted octanol–water partition coefficient (Wildman–Crippen LogP) is 9.86. The standard InChI is InChI=1S/C35H30N2/c1-21(2)26-14-9-15-27(22(3)4)33(26)32-20-36-35-30-13-8-7-12-28(30)29-17-16-25-18-23-10-5-6-11-24(23)19-31(25)34(29)37(32)35/h5-22H,1-4H3. The Kier molecular flexibility index (Phi) is 4.87. The van der Waals surface area contributed by atoms with Crippen molar-refractivity contribution >= 4 is 48.9 Å². The first-order valence-electron chi connectivity index (χ1n) is 13.3. The zero-order chi connectivity index (χ0) is 25.3. The number of pyridine rings is 1. The van der Waals surface area contributed by atoms with Crippen LogP contribution < -0.4 is 0 Å². The third-order valence-electron chi connectivity index (χ3n) is 7.93. The fraction of sp³-hybridized carbons (Fsp3) is 0.171. The van der Waals surface area contributed by atoms with Crippen LogP contribution >= 0.6 is 0 Å². The Morgan fingerprint density at radius 1 is 0.568 bits per heavy atom. The van der Waals surface area contributed by atoms with Gasteiger partial charge in [-0.1, -0.05) is 107 Å². The second kappa shape index (κ2) is 8.18. The molecule has 0 fully saturated rings. The van der Waals surface area contributed by atoms with Crippen molar-refractivity contribution in [2.75, 3.05) is 0 Å². The molecular weight excluding hydrogens is 448 g/mol. The Balaban J connectivity index is 1.75. The van der Waals surface area contributed by atoms with E-state index in [0.717, 1.165) is 5.65 Å². The van der Waals surface area contributed by atoms with Gasteiger partial charge in [0.25, 0.3) is 0 Å². The van der Waals surface area contributed by atoms with E-state index in [2.05, 4.69) is 129 Å². The van der Waals surface area contributed by atoms with Crippen LogP contribution in [0.4, 0.5) is 0 Å². The number of imidazole rings is 1. The molecule has 37 heavy (non-hydrogen) atoms. The third-order valence-corrected chi connectivity index (χ3v) is 7.93. The maximum atomic E-state index is 5.11. The van der Waals surface area contributed by atoms with Crippen molar-refractivity contribution in [3.8, 4) is 11.3 Å². The van der Waals surface area contributed by atoms with Crippen LogP contribution in [0.2, 0.25) is 0 Å². The summed E-state index contributed by atoms with van der Waals surface area (Å²) in [6.45, 7) is 9.17. The number of aromatic nitrogens is 2. The molecule has 0 saturated heterocycles. The Hall–Kier alpha value is -4.17. The van der Waals surface area contributed by atoms with Crippen molar-refractivity contribution in [2.45, 2.75) is 39.5 Å². The zero-order valence-electron chi connectivity index (χ0n) is 21.8. The average molecular weight is 479 g/mol. The summed E-state index contributed by atoms with van der Waals surface area (Å²) in [5.74, 6) is 0.818. The molecule has 0 aliphatic rings. The molecule has 0 spiro atoms. The molecule has 5 aromatic carbocycles. The summed E-state index contributed by atoms with van der Waals surface area (Å²) < 4.78 is 2.45. The first-order valence-corrected chi connectivity index (χ1v) is 13.3. The van der Waals surface area contributed by atoms with E-state index < -0.39 is 0 Å². The van der Waals surface area contributed by atoms with E-state index in [-0.39, 0.29) is 0 Å². The summed E-state index contributed by atoms with van der Waals surface area (Å²) in [7, 11) is 0. The lowest BCUT2D eigenvalue weighted by Gasteiger charge is -2.21. The van der Waals surface area contributed by atoms with Gasteiger partial charge in [0.05, 0.1) is 17.4 Å². The van der Waals surface area contributed by atoms with Crippen LogP contribution in [-0.4, -0.2) is 9.38 Å². The Morgan fingerprint density at radius 3 is 1.92 bits per heavy atom. The van der Waals surface area contributed by atoms with Crippen LogP contribution in [0.5, 0.6) is 0 Å². The molecule has 0 bridgehead atoms. The molecule has 7 aromatic rings. The van der Waals surface area contributed by atoms with Crippen LogP contribution in [-0.2, 0) is 0 Å². The molecule has 0 unspecified atom stereocenters. The minimum atomic E-state index is 0.409. The summed E-state index contributed by atoms with van der Waals surface area (Å²) in [5.41, 5.74) is 7.51. The van der Waals surface area contributed by atoms with E-state index in [1.807, 2.05) is 0 Å². The predicted molar refractivity (Wildman–Crippen MR) is 159 cm³/mol. The Morgan fingerprint density at radius 2 is 1.22 bits per heavy atom. The molecule has 0 N–H and O–H groups in total. The van der Waals surface area contributed by atoms with Crippen LogP contribution in [0.25, 0.3) is 60.1 Å². The average Bonchev–Trinajstić information content (AvgIpc) is 3.36. The van der Waals surface area contributed by atoms with Crippen LogP contribution in [0, 0.1) is 0 Å². The molecule has 0 amide bonds. The number of hydrogen-bond acceptors (Lipinski definition) is 1. The highest BCUT2D eigenvalue weighted by Crippen LogP contribution is 2.41. The number of nitrogens with zero attached hydrogens (tertiary/aromatic N) is 2. The second-order valence-corrected chi connectivity index (χ2v) is 10.9. The van der Waals surface area contributed by atoms with Crippen LogP contribution in [0.15, 0.2) is 97.2 Å². The topological polar surface area (TPSA) is 17.3 Å². The number of fused-ring (bicyclic) bond motifs is 9. The smallest absolute Gasteiger partial charge is 0.145 e. The molecule has 0 radical (unpaired) electrons. The maximum absolute atomic E-state index is 5.11. The van der Waals surface area contributed by atoms with Crippen molar-refractivity contribution in [3.05, 3.63) is 108 Å². The maximum Gasteiger partial charge on any atom is 0.145 e. The van der Waals surface area contributed by atoms with Crippen molar-refractivity contribution in [1.29, 1.82) is 0 Å². The minimum Gasteiger partial charge on any atom is -0.291 e. The van der Waals surface area contributed by atoms with Gasteiger partial charge >= 0.3 is 0 Å². The molecule has 2 nitrogen and oxygen atoms in total. The lowest BCUT2D eigenvalue weighted by atomic mass is 9.87. The van der Waals surface area contributed by atoms with E-state index in [0.29, 0.717) is 11.8 Å². The monoisotopic (exact) mass is 478 g/mol. The van der Waals surface area contributed by atoms with Gasteiger partial charge in [0.1, 0.15) is 5.65 Å². The lowest BCUT2D eigenvalue weighted by Crippen LogP contribution is -2.03. The van der Waals surface area contributed by atoms with E-state index >= 15 is 0 Å². The first-order chi connectivity index (χ1) is 18.0. The summed E-state index contributed by atoms with van der Waals surface area (Å²) in [6.07, 6.45) is 2.11. The Labute approximate surface area is 217 Å². The minimum absolute atomic E-state index is 0.409. The molecule has 2 heterocycles. The first kappa shape index (κ1) is 22.1. The molecule has 0 aliphatic carbocycles. The molecule has 2 heteroatoms. The highest BCUT2D eigenvalue weighted by Gasteiger charge is 2.22. The van der Waals surface area contributed by atoms with Crippen molar-refractivity contribution < 1.29 is 0 Å². The molecule has 180 valence electrons. The zero-order valence-corrected chi connectivity index (χ0v) is 21.8. The molecule has 0 saturated carbocycles. The van der Waals surface area contributed by atoms with E-state index in [9.17, 15) is 0 Å². The van der Waals surface area contributed by atoms with Gasteiger partial charge in [-0.2, -0.15) is 0 Å². The molecule has 0 atom stereocenters. The molecule has 0 aliphatic heterocycles. The van der Waals surface area contributed by atoms with Crippen molar-refractivity contribution in [2.24, 2.45) is 0 Å². The normalized spacial score (nSPS) is 12.3. The number of benzene rings is 5. The van der Waals surface area contributed by atoms with Crippen molar-refractivity contribution in [1.82, 2.24) is 9.38 Å². The Bertz CT molecular complexity index is 1960. The highest BCUT2D eigenvalue weighted by atomic mass is 15.0. The summed E-state index contributed by atoms with van der Waals surface area (Å²) in [6, 6.07) is 33.4. The van der Waals surface area contributed by atoms with Gasteiger partial charge in [0.15, 0.2) is 0 Å². The van der Waals surface area contributed by atoms with E-state index in [4.69, 9.17) is 4.98 Å². The van der Waals surface area contributed by atoms with Gasteiger partial charge in [-0.3, -0.25) is 4.40 Å². The largest absolute Gasteiger partial charge is 0.291 e. The second-order valence-electron chi connectivity index (χ2n) is 10.9. The van der Waals surface area contributed by atoms with Crippen molar-refractivity contribution in [3.63, 3.8) is 0 Å². The van der Waals surface area contributed by atoms with Gasteiger partial charge in [-0.25, -0.2) is 4.98 Å². The van der Waals surface area contributed by atoms with Gasteiger partial charge in [-0.05, 0) is 56.6 Å². The van der Waals surface area contributed by atoms with Gasteiger partial charge < -0.3 is 0 Å². The van der Waals surface area contributed by atoms with Gasteiger partial charge in [-0.15, -0.1) is 0 Å². The fourth-order valence-corrected chi connectivity index (χ4v) is 6.16. The van der Waals surface area contributed by atoms with Crippen LogP contribution in [0.3, 0.4) is 0 Å². The summed E-state index contributed by atoms with van der Waals surface area (Å²) >= 11 is 0. The molecular formula is C35H30N2. The molecule has 7 rings (SSSR count). The van der Waals surface area contributed by atoms with Gasteiger partial charge in [0, 0.05) is 21.7 Å².